The number of hydrazine groups is 1. The van der Waals surface area contributed by atoms with E-state index < -0.39 is 0 Å². The first-order chi connectivity index (χ1) is 6.61. The molecule has 0 fully saturated rings. The van der Waals surface area contributed by atoms with Crippen molar-refractivity contribution in [3.63, 3.8) is 0 Å². The third-order valence-corrected chi connectivity index (χ3v) is 4.53. The quantitative estimate of drug-likeness (QED) is 0.489. The molecule has 0 heterocycles. The molecule has 2 nitrogen and oxygen atoms in total. The lowest BCUT2D eigenvalue weighted by Gasteiger charge is -2.49. The standard InChI is InChI=1S/C12H28N2/c1-6-11(7-2,8-3)12(9-4,10-5)14-13/h14H,6-10,13H2,1-5H3. The third-order valence-electron chi connectivity index (χ3n) is 4.53. The second-order valence-electron chi connectivity index (χ2n) is 4.27. The molecule has 0 bridgehead atoms. The van der Waals surface area contributed by atoms with E-state index in [9.17, 15) is 0 Å². The second kappa shape index (κ2) is 5.72. The molecule has 0 aromatic heterocycles. The van der Waals surface area contributed by atoms with E-state index in [1.807, 2.05) is 0 Å². The summed E-state index contributed by atoms with van der Waals surface area (Å²) in [5.41, 5.74) is 3.58. The van der Waals surface area contributed by atoms with Crippen LogP contribution in [0, 0.1) is 5.41 Å². The predicted molar refractivity (Wildman–Crippen MR) is 63.9 cm³/mol. The number of hydrogen-bond donors (Lipinski definition) is 2. The Morgan fingerprint density at radius 3 is 1.21 bits per heavy atom. The van der Waals surface area contributed by atoms with Gasteiger partial charge < -0.3 is 0 Å². The van der Waals surface area contributed by atoms with E-state index in [2.05, 4.69) is 40.0 Å². The smallest absolute Gasteiger partial charge is 0.0371 e. The Labute approximate surface area is 89.6 Å². The van der Waals surface area contributed by atoms with Crippen LogP contribution in [0.4, 0.5) is 0 Å². The molecule has 0 atom stereocenters. The van der Waals surface area contributed by atoms with Crippen LogP contribution in [0.2, 0.25) is 0 Å². The summed E-state index contributed by atoms with van der Waals surface area (Å²) in [4.78, 5) is 0. The highest BCUT2D eigenvalue weighted by Gasteiger charge is 2.44. The summed E-state index contributed by atoms with van der Waals surface area (Å²) in [6.45, 7) is 11.3. The van der Waals surface area contributed by atoms with E-state index in [-0.39, 0.29) is 5.54 Å². The van der Waals surface area contributed by atoms with Crippen LogP contribution in [0.15, 0.2) is 0 Å². The molecule has 0 aromatic rings. The van der Waals surface area contributed by atoms with Crippen LogP contribution < -0.4 is 11.3 Å². The van der Waals surface area contributed by atoms with Gasteiger partial charge in [-0.2, -0.15) is 0 Å². The maximum Gasteiger partial charge on any atom is 0.0371 e. The maximum atomic E-state index is 5.79. The molecule has 0 saturated carbocycles. The zero-order valence-corrected chi connectivity index (χ0v) is 10.6. The van der Waals surface area contributed by atoms with Gasteiger partial charge in [0, 0.05) is 5.54 Å². The van der Waals surface area contributed by atoms with E-state index >= 15 is 0 Å². The van der Waals surface area contributed by atoms with Gasteiger partial charge in [0.25, 0.3) is 0 Å². The third kappa shape index (κ3) is 1.96. The Hall–Kier alpha value is -0.0800. The van der Waals surface area contributed by atoms with Gasteiger partial charge in [0.15, 0.2) is 0 Å². The van der Waals surface area contributed by atoms with Crippen molar-refractivity contribution in [2.24, 2.45) is 11.3 Å². The van der Waals surface area contributed by atoms with Crippen molar-refractivity contribution >= 4 is 0 Å². The summed E-state index contributed by atoms with van der Waals surface area (Å²) in [5, 5.41) is 0. The first-order valence-corrected chi connectivity index (χ1v) is 6.09. The fraction of sp³-hybridized carbons (Fsp3) is 1.00. The molecule has 0 aliphatic rings. The van der Waals surface area contributed by atoms with Gasteiger partial charge in [0.1, 0.15) is 0 Å². The van der Waals surface area contributed by atoms with Crippen molar-refractivity contribution in [1.29, 1.82) is 0 Å². The Bertz CT molecular complexity index is 112. The summed E-state index contributed by atoms with van der Waals surface area (Å²) >= 11 is 0. The summed E-state index contributed by atoms with van der Waals surface area (Å²) in [6.07, 6.45) is 5.81. The van der Waals surface area contributed by atoms with E-state index in [0.717, 1.165) is 12.8 Å². The van der Waals surface area contributed by atoms with E-state index in [1.165, 1.54) is 19.3 Å². The fourth-order valence-corrected chi connectivity index (χ4v) is 3.12. The summed E-state index contributed by atoms with van der Waals surface area (Å²) < 4.78 is 0. The minimum Gasteiger partial charge on any atom is -0.271 e. The number of rotatable bonds is 7. The zero-order chi connectivity index (χ0) is 11.2. The van der Waals surface area contributed by atoms with Crippen LogP contribution in [0.5, 0.6) is 0 Å². The Balaban J connectivity index is 5.08. The summed E-state index contributed by atoms with van der Waals surface area (Å²) in [6, 6.07) is 0. The van der Waals surface area contributed by atoms with Gasteiger partial charge in [-0.1, -0.05) is 34.6 Å². The molecule has 0 amide bonds. The molecule has 3 N–H and O–H groups in total. The largest absolute Gasteiger partial charge is 0.271 e. The van der Waals surface area contributed by atoms with Gasteiger partial charge in [-0.05, 0) is 37.5 Å². The Kier molecular flexibility index (Phi) is 5.68. The van der Waals surface area contributed by atoms with E-state index in [1.54, 1.807) is 0 Å². The van der Waals surface area contributed by atoms with Crippen LogP contribution in [0.25, 0.3) is 0 Å². The van der Waals surface area contributed by atoms with Crippen LogP contribution in [-0.2, 0) is 0 Å². The normalized spacial score (nSPS) is 13.3. The topological polar surface area (TPSA) is 38.0 Å². The molecule has 14 heavy (non-hydrogen) atoms. The Morgan fingerprint density at radius 1 is 0.786 bits per heavy atom. The maximum absolute atomic E-state index is 5.79. The van der Waals surface area contributed by atoms with Crippen LogP contribution in [0.1, 0.15) is 66.7 Å². The molecule has 0 radical (unpaired) electrons. The van der Waals surface area contributed by atoms with Crippen molar-refractivity contribution in [1.82, 2.24) is 5.43 Å². The van der Waals surface area contributed by atoms with Crippen LogP contribution in [0.3, 0.4) is 0 Å². The highest BCUT2D eigenvalue weighted by molar-refractivity contribution is 5.00. The van der Waals surface area contributed by atoms with Gasteiger partial charge in [0.2, 0.25) is 0 Å². The van der Waals surface area contributed by atoms with Gasteiger partial charge in [-0.15, -0.1) is 0 Å². The number of nitrogens with two attached hydrogens (primary N) is 1. The van der Waals surface area contributed by atoms with E-state index in [4.69, 9.17) is 5.84 Å². The molecule has 86 valence electrons. The second-order valence-corrected chi connectivity index (χ2v) is 4.27. The SMILES string of the molecule is CCC(CC)(CC)C(CC)(CC)NN. The van der Waals surface area contributed by atoms with Crippen molar-refractivity contribution in [3.05, 3.63) is 0 Å². The van der Waals surface area contributed by atoms with Crippen molar-refractivity contribution < 1.29 is 0 Å². The molecule has 2 heteroatoms. The monoisotopic (exact) mass is 200 g/mol. The molecule has 0 unspecified atom stereocenters. The average molecular weight is 200 g/mol. The highest BCUT2D eigenvalue weighted by Crippen LogP contribution is 2.44. The van der Waals surface area contributed by atoms with Crippen molar-refractivity contribution in [3.8, 4) is 0 Å². The first-order valence-electron chi connectivity index (χ1n) is 6.09. The first kappa shape index (κ1) is 13.9. The zero-order valence-electron chi connectivity index (χ0n) is 10.6. The molecule has 0 aliphatic carbocycles. The highest BCUT2D eigenvalue weighted by atomic mass is 15.3. The molecule has 0 rings (SSSR count). The van der Waals surface area contributed by atoms with Gasteiger partial charge in [-0.3, -0.25) is 11.3 Å². The van der Waals surface area contributed by atoms with Crippen LogP contribution >= 0.6 is 0 Å². The van der Waals surface area contributed by atoms with Gasteiger partial charge >= 0.3 is 0 Å². The molecule has 0 saturated heterocycles. The van der Waals surface area contributed by atoms with Crippen LogP contribution in [-0.4, -0.2) is 5.54 Å². The van der Waals surface area contributed by atoms with Gasteiger partial charge in [0.05, 0.1) is 0 Å². The lowest BCUT2D eigenvalue weighted by molar-refractivity contribution is 0.0546. The lowest BCUT2D eigenvalue weighted by Crippen LogP contribution is -2.59. The van der Waals surface area contributed by atoms with Crippen molar-refractivity contribution in [2.45, 2.75) is 72.3 Å². The van der Waals surface area contributed by atoms with E-state index in [0.29, 0.717) is 5.41 Å². The summed E-state index contributed by atoms with van der Waals surface area (Å²) in [5.74, 6) is 5.79. The van der Waals surface area contributed by atoms with Crippen molar-refractivity contribution in [2.75, 3.05) is 0 Å². The van der Waals surface area contributed by atoms with Gasteiger partial charge in [-0.25, -0.2) is 0 Å². The fourth-order valence-electron chi connectivity index (χ4n) is 3.12. The lowest BCUT2D eigenvalue weighted by atomic mass is 9.62. The average Bonchev–Trinajstić information content (AvgIpc) is 2.27. The molecule has 0 spiro atoms. The summed E-state index contributed by atoms with van der Waals surface area (Å²) in [7, 11) is 0. The molecular formula is C12H28N2. The number of nitrogens with one attached hydrogen (secondary N) is 1. The minimum absolute atomic E-state index is 0.116. The molecule has 0 aliphatic heterocycles. The predicted octanol–water partition coefficient (Wildman–Crippen LogP) is 3.22. The number of hydrogen-bond acceptors (Lipinski definition) is 2. The Morgan fingerprint density at radius 2 is 1.14 bits per heavy atom. The minimum atomic E-state index is 0.116. The molecule has 0 aromatic carbocycles. The molecular weight excluding hydrogens is 172 g/mol.